The minimum absolute atomic E-state index is 0.106. The van der Waals surface area contributed by atoms with E-state index >= 15 is 0 Å². The fraction of sp³-hybridized carbons (Fsp3) is 0.300. The van der Waals surface area contributed by atoms with E-state index in [1.54, 1.807) is 45.0 Å². The smallest absolute Gasteiger partial charge is 0.341 e. The van der Waals surface area contributed by atoms with Gasteiger partial charge < -0.3 is 20.1 Å². The lowest BCUT2D eigenvalue weighted by Crippen LogP contribution is -2.22. The molecule has 2 aromatic rings. The molecule has 29 heavy (non-hydrogen) atoms. The molecule has 0 aliphatic carbocycles. The molecule has 1 aromatic carbocycles. The molecule has 0 aliphatic rings. The van der Waals surface area contributed by atoms with Crippen molar-refractivity contribution in [3.8, 4) is 0 Å². The Hall–Kier alpha value is -3.20. The molecule has 2 N–H and O–H groups in total. The molecular formula is C20H22N2O6S. The van der Waals surface area contributed by atoms with E-state index in [-0.39, 0.29) is 28.0 Å². The van der Waals surface area contributed by atoms with Gasteiger partial charge in [-0.15, -0.1) is 11.3 Å². The van der Waals surface area contributed by atoms with Crippen molar-refractivity contribution in [3.05, 3.63) is 51.4 Å². The summed E-state index contributed by atoms with van der Waals surface area (Å²) < 4.78 is 10.1. The summed E-state index contributed by atoms with van der Waals surface area (Å²) in [5.41, 5.74) is 1.60. The lowest BCUT2D eigenvalue weighted by Gasteiger charge is -2.08. The van der Waals surface area contributed by atoms with Crippen LogP contribution in [0.1, 0.15) is 48.4 Å². The zero-order valence-electron chi connectivity index (χ0n) is 16.6. The van der Waals surface area contributed by atoms with Crippen LogP contribution in [0.3, 0.4) is 0 Å². The first-order valence-electron chi connectivity index (χ1n) is 8.85. The van der Waals surface area contributed by atoms with Crippen molar-refractivity contribution in [1.82, 2.24) is 5.32 Å². The van der Waals surface area contributed by atoms with Gasteiger partial charge in [-0.3, -0.25) is 9.59 Å². The van der Waals surface area contributed by atoms with Crippen LogP contribution in [0.15, 0.2) is 24.3 Å². The second-order valence-electron chi connectivity index (χ2n) is 6.00. The number of anilines is 1. The Bertz CT molecular complexity index is 950. The molecule has 0 saturated heterocycles. The number of benzene rings is 1. The van der Waals surface area contributed by atoms with Crippen molar-refractivity contribution in [2.24, 2.45) is 0 Å². The van der Waals surface area contributed by atoms with E-state index in [9.17, 15) is 19.2 Å². The first-order valence-corrected chi connectivity index (χ1v) is 9.66. The minimum Gasteiger partial charge on any atom is -0.462 e. The van der Waals surface area contributed by atoms with Crippen molar-refractivity contribution in [2.45, 2.75) is 20.8 Å². The normalized spacial score (nSPS) is 10.2. The van der Waals surface area contributed by atoms with Crippen LogP contribution in [0.4, 0.5) is 5.00 Å². The number of ether oxygens (including phenoxy) is 2. The zero-order valence-corrected chi connectivity index (χ0v) is 17.4. The van der Waals surface area contributed by atoms with Crippen molar-refractivity contribution >= 4 is 40.1 Å². The van der Waals surface area contributed by atoms with Crippen LogP contribution in [0.2, 0.25) is 0 Å². The first-order chi connectivity index (χ1) is 13.8. The van der Waals surface area contributed by atoms with E-state index in [1.165, 1.54) is 7.05 Å². The number of nitrogens with one attached hydrogen (secondary N) is 2. The predicted molar refractivity (Wildman–Crippen MR) is 108 cm³/mol. The van der Waals surface area contributed by atoms with Gasteiger partial charge in [0.15, 0.2) is 6.61 Å². The summed E-state index contributed by atoms with van der Waals surface area (Å²) in [4.78, 5) is 49.0. The van der Waals surface area contributed by atoms with Gasteiger partial charge in [-0.1, -0.05) is 18.2 Å². The Labute approximate surface area is 172 Å². The second-order valence-corrected chi connectivity index (χ2v) is 7.02. The second kappa shape index (κ2) is 9.83. The first kappa shape index (κ1) is 22.1. The van der Waals surface area contributed by atoms with Gasteiger partial charge in [0.05, 0.1) is 22.6 Å². The summed E-state index contributed by atoms with van der Waals surface area (Å²) in [6.45, 7) is 4.62. The molecule has 0 aliphatic heterocycles. The fourth-order valence-corrected chi connectivity index (χ4v) is 3.71. The quantitative estimate of drug-likeness (QED) is 0.669. The largest absolute Gasteiger partial charge is 0.462 e. The van der Waals surface area contributed by atoms with E-state index in [4.69, 9.17) is 9.47 Å². The lowest BCUT2D eigenvalue weighted by atomic mass is 10.1. The van der Waals surface area contributed by atoms with E-state index in [1.807, 2.05) is 0 Å². The molecule has 0 radical (unpaired) electrons. The number of hydrogen-bond donors (Lipinski definition) is 2. The Morgan fingerprint density at radius 2 is 1.72 bits per heavy atom. The number of thiophene rings is 1. The molecule has 0 unspecified atom stereocenters. The number of amides is 2. The maximum Gasteiger partial charge on any atom is 0.341 e. The van der Waals surface area contributed by atoms with Gasteiger partial charge in [0.2, 0.25) is 0 Å². The molecule has 8 nitrogen and oxygen atoms in total. The maximum absolute atomic E-state index is 12.3. The number of hydrogen-bond acceptors (Lipinski definition) is 7. The molecule has 2 rings (SSSR count). The standard InChI is InChI=1S/C20H22N2O6S/c1-5-27-20(26)15-12(3)16(17(24)21-4)29-18(15)22-14(23)10-28-19(25)13-9-7-6-8-11(13)2/h6-9H,5,10H2,1-4H3,(H,21,24)(H,22,23). The van der Waals surface area contributed by atoms with Gasteiger partial charge in [0, 0.05) is 7.05 Å². The highest BCUT2D eigenvalue weighted by molar-refractivity contribution is 7.18. The number of carbonyl (C=O) groups excluding carboxylic acids is 4. The van der Waals surface area contributed by atoms with E-state index in [2.05, 4.69) is 10.6 Å². The van der Waals surface area contributed by atoms with Crippen LogP contribution in [0, 0.1) is 13.8 Å². The SMILES string of the molecule is CCOC(=O)c1c(NC(=O)COC(=O)c2ccccc2C)sc(C(=O)NC)c1C. The Morgan fingerprint density at radius 1 is 1.03 bits per heavy atom. The highest BCUT2D eigenvalue weighted by Gasteiger charge is 2.26. The minimum atomic E-state index is -0.649. The predicted octanol–water partition coefficient (Wildman–Crippen LogP) is 2.70. The van der Waals surface area contributed by atoms with E-state index in [0.29, 0.717) is 11.1 Å². The number of carbonyl (C=O) groups is 4. The molecule has 0 spiro atoms. The van der Waals surface area contributed by atoms with Gasteiger partial charge in [-0.05, 0) is 38.0 Å². The van der Waals surface area contributed by atoms with Crippen molar-refractivity contribution in [1.29, 1.82) is 0 Å². The summed E-state index contributed by atoms with van der Waals surface area (Å²) >= 11 is 0.949. The van der Waals surface area contributed by atoms with Crippen molar-refractivity contribution in [2.75, 3.05) is 25.6 Å². The fourth-order valence-electron chi connectivity index (χ4n) is 2.55. The number of esters is 2. The molecule has 1 heterocycles. The van der Waals surface area contributed by atoms with Crippen molar-refractivity contribution in [3.63, 3.8) is 0 Å². The topological polar surface area (TPSA) is 111 Å². The summed E-state index contributed by atoms with van der Waals surface area (Å²) in [7, 11) is 1.47. The number of rotatable bonds is 7. The molecule has 0 bridgehead atoms. The van der Waals surface area contributed by atoms with Crippen LogP contribution >= 0.6 is 11.3 Å². The molecule has 0 saturated carbocycles. The van der Waals surface area contributed by atoms with Gasteiger partial charge in [-0.25, -0.2) is 9.59 Å². The third-order valence-corrected chi connectivity index (χ3v) is 5.22. The third kappa shape index (κ3) is 5.20. The number of aryl methyl sites for hydroxylation is 1. The Balaban J connectivity index is 2.16. The van der Waals surface area contributed by atoms with Crippen LogP contribution < -0.4 is 10.6 Å². The van der Waals surface area contributed by atoms with E-state index in [0.717, 1.165) is 16.9 Å². The van der Waals surface area contributed by atoms with Gasteiger partial charge in [0.25, 0.3) is 11.8 Å². The zero-order chi connectivity index (χ0) is 21.6. The van der Waals surface area contributed by atoms with Gasteiger partial charge in [-0.2, -0.15) is 0 Å². The van der Waals surface area contributed by atoms with Crippen LogP contribution in [0.25, 0.3) is 0 Å². The third-order valence-electron chi connectivity index (χ3n) is 4.01. The van der Waals surface area contributed by atoms with Crippen LogP contribution in [-0.4, -0.2) is 44.0 Å². The highest BCUT2D eigenvalue weighted by atomic mass is 32.1. The van der Waals surface area contributed by atoms with Gasteiger partial charge in [0.1, 0.15) is 5.00 Å². The average molecular weight is 418 g/mol. The van der Waals surface area contributed by atoms with Crippen LogP contribution in [-0.2, 0) is 14.3 Å². The molecule has 9 heteroatoms. The summed E-state index contributed by atoms with van der Waals surface area (Å²) in [5, 5.41) is 5.18. The lowest BCUT2D eigenvalue weighted by molar-refractivity contribution is -0.119. The molecule has 154 valence electrons. The summed E-state index contributed by atoms with van der Waals surface area (Å²) in [6, 6.07) is 6.85. The Morgan fingerprint density at radius 3 is 2.34 bits per heavy atom. The molecule has 0 atom stereocenters. The highest BCUT2D eigenvalue weighted by Crippen LogP contribution is 2.33. The van der Waals surface area contributed by atoms with E-state index < -0.39 is 24.5 Å². The van der Waals surface area contributed by atoms with Crippen molar-refractivity contribution < 1.29 is 28.7 Å². The maximum atomic E-state index is 12.3. The van der Waals surface area contributed by atoms with Gasteiger partial charge >= 0.3 is 11.9 Å². The molecular weight excluding hydrogens is 396 g/mol. The van der Waals surface area contributed by atoms with Crippen LogP contribution in [0.5, 0.6) is 0 Å². The molecule has 1 aromatic heterocycles. The molecule has 2 amide bonds. The summed E-state index contributed by atoms with van der Waals surface area (Å²) in [5.74, 6) is -2.30. The molecule has 0 fully saturated rings. The average Bonchev–Trinajstić information content (AvgIpc) is 3.01. The monoisotopic (exact) mass is 418 g/mol. The Kier molecular flexibility index (Phi) is 7.49. The summed E-state index contributed by atoms with van der Waals surface area (Å²) in [6.07, 6.45) is 0.